The molecule has 3 rings (SSSR count). The van der Waals surface area contributed by atoms with Crippen LogP contribution in [0.25, 0.3) is 6.08 Å². The summed E-state index contributed by atoms with van der Waals surface area (Å²) in [6, 6.07) is 3.88. The minimum absolute atomic E-state index is 0.0669. The second kappa shape index (κ2) is 5.13. The highest BCUT2D eigenvalue weighted by molar-refractivity contribution is 7.12. The summed E-state index contributed by atoms with van der Waals surface area (Å²) in [5.41, 5.74) is 2.15. The van der Waals surface area contributed by atoms with Gasteiger partial charge in [-0.15, -0.1) is 11.3 Å². The lowest BCUT2D eigenvalue weighted by atomic mass is 10.2. The Morgan fingerprint density at radius 2 is 2.42 bits per heavy atom. The number of carbonyl (C=O) groups excluding carboxylic acids is 1. The quantitative estimate of drug-likeness (QED) is 0.616. The van der Waals surface area contributed by atoms with Gasteiger partial charge in [0.2, 0.25) is 0 Å². The molecule has 0 atom stereocenters. The van der Waals surface area contributed by atoms with Gasteiger partial charge in [-0.1, -0.05) is 0 Å². The minimum atomic E-state index is 0.0669. The van der Waals surface area contributed by atoms with E-state index in [0.717, 1.165) is 28.6 Å². The van der Waals surface area contributed by atoms with Crippen LogP contribution >= 0.6 is 11.3 Å². The Morgan fingerprint density at radius 1 is 1.58 bits per heavy atom. The Hall–Kier alpha value is -1.68. The molecule has 2 aromatic heterocycles. The third kappa shape index (κ3) is 3.01. The van der Waals surface area contributed by atoms with Crippen molar-refractivity contribution in [1.82, 2.24) is 9.78 Å². The fourth-order valence-electron chi connectivity index (χ4n) is 1.99. The van der Waals surface area contributed by atoms with Crippen molar-refractivity contribution in [2.24, 2.45) is 5.92 Å². The van der Waals surface area contributed by atoms with Crippen molar-refractivity contribution >= 4 is 23.2 Å². The zero-order valence-corrected chi connectivity index (χ0v) is 11.7. The van der Waals surface area contributed by atoms with Gasteiger partial charge in [0.1, 0.15) is 0 Å². The van der Waals surface area contributed by atoms with E-state index < -0.39 is 0 Å². The van der Waals surface area contributed by atoms with Crippen LogP contribution in [0.3, 0.4) is 0 Å². The zero-order valence-electron chi connectivity index (χ0n) is 10.9. The average molecular weight is 272 g/mol. The lowest BCUT2D eigenvalue weighted by molar-refractivity contribution is 0.105. The topological polar surface area (TPSA) is 34.9 Å². The number of carbonyl (C=O) groups is 1. The van der Waals surface area contributed by atoms with Crippen molar-refractivity contribution in [3.8, 4) is 0 Å². The van der Waals surface area contributed by atoms with E-state index >= 15 is 0 Å². The molecule has 0 N–H and O–H groups in total. The molecule has 1 saturated carbocycles. The third-order valence-corrected chi connectivity index (χ3v) is 4.32. The van der Waals surface area contributed by atoms with Crippen LogP contribution in [0.5, 0.6) is 0 Å². The Bertz CT molecular complexity index is 620. The molecule has 98 valence electrons. The van der Waals surface area contributed by atoms with E-state index in [1.807, 2.05) is 35.2 Å². The summed E-state index contributed by atoms with van der Waals surface area (Å²) >= 11 is 1.50. The standard InChI is InChI=1S/C15H16N2OS/c1-11-8-15(19-10-11)14(18)5-4-13-6-7-16-17(13)9-12-2-3-12/h4-8,10,12H,2-3,9H2,1H3/b5-4+. The van der Waals surface area contributed by atoms with Crippen molar-refractivity contribution in [1.29, 1.82) is 0 Å². The van der Waals surface area contributed by atoms with Gasteiger partial charge in [0.25, 0.3) is 0 Å². The van der Waals surface area contributed by atoms with Gasteiger partial charge >= 0.3 is 0 Å². The van der Waals surface area contributed by atoms with E-state index in [2.05, 4.69) is 5.10 Å². The van der Waals surface area contributed by atoms with E-state index in [9.17, 15) is 4.79 Å². The number of nitrogens with zero attached hydrogens (tertiary/aromatic N) is 2. The molecule has 1 fully saturated rings. The number of aromatic nitrogens is 2. The predicted molar refractivity (Wildman–Crippen MR) is 77.4 cm³/mol. The first-order chi connectivity index (χ1) is 9.22. The lowest BCUT2D eigenvalue weighted by Gasteiger charge is -2.01. The largest absolute Gasteiger partial charge is 0.288 e. The maximum absolute atomic E-state index is 12.0. The number of rotatable bonds is 5. The molecule has 0 spiro atoms. The normalized spacial score (nSPS) is 15.2. The summed E-state index contributed by atoms with van der Waals surface area (Å²) in [4.78, 5) is 12.8. The smallest absolute Gasteiger partial charge is 0.195 e. The Kier molecular flexibility index (Phi) is 3.34. The second-order valence-electron chi connectivity index (χ2n) is 5.07. The van der Waals surface area contributed by atoms with Crippen molar-refractivity contribution < 1.29 is 4.79 Å². The van der Waals surface area contributed by atoms with Crippen LogP contribution < -0.4 is 0 Å². The Morgan fingerprint density at radius 3 is 3.11 bits per heavy atom. The first-order valence-electron chi connectivity index (χ1n) is 6.52. The summed E-state index contributed by atoms with van der Waals surface area (Å²) in [5, 5.41) is 6.31. The minimum Gasteiger partial charge on any atom is -0.288 e. The highest BCUT2D eigenvalue weighted by Crippen LogP contribution is 2.30. The molecule has 0 saturated heterocycles. The van der Waals surface area contributed by atoms with Gasteiger partial charge in [0.05, 0.1) is 10.6 Å². The van der Waals surface area contributed by atoms with Crippen LogP contribution in [0.1, 0.15) is 33.8 Å². The number of thiophene rings is 1. The number of ketones is 1. The first-order valence-corrected chi connectivity index (χ1v) is 7.40. The summed E-state index contributed by atoms with van der Waals surface area (Å²) in [6.45, 7) is 2.97. The van der Waals surface area contributed by atoms with Crippen molar-refractivity contribution in [3.05, 3.63) is 45.9 Å². The molecule has 0 aliphatic heterocycles. The molecular formula is C15H16N2OS. The molecule has 0 aromatic carbocycles. The van der Waals surface area contributed by atoms with Gasteiger partial charge in [-0.05, 0) is 60.9 Å². The predicted octanol–water partition coefficient (Wildman–Crippen LogP) is 3.56. The van der Waals surface area contributed by atoms with Crippen LogP contribution in [0.4, 0.5) is 0 Å². The third-order valence-electron chi connectivity index (χ3n) is 3.26. The van der Waals surface area contributed by atoms with Gasteiger partial charge in [0, 0.05) is 12.7 Å². The summed E-state index contributed by atoms with van der Waals surface area (Å²) in [5.74, 6) is 0.847. The van der Waals surface area contributed by atoms with Gasteiger partial charge in [-0.25, -0.2) is 0 Å². The fourth-order valence-corrected chi connectivity index (χ4v) is 2.80. The maximum atomic E-state index is 12.0. The highest BCUT2D eigenvalue weighted by atomic mass is 32.1. The maximum Gasteiger partial charge on any atom is 0.195 e. The van der Waals surface area contributed by atoms with Crippen LogP contribution in [-0.2, 0) is 6.54 Å². The molecule has 0 amide bonds. The monoisotopic (exact) mass is 272 g/mol. The average Bonchev–Trinajstić information content (AvgIpc) is 2.92. The number of hydrogen-bond acceptors (Lipinski definition) is 3. The highest BCUT2D eigenvalue weighted by Gasteiger charge is 2.22. The SMILES string of the molecule is Cc1csc(C(=O)/C=C/c2ccnn2CC2CC2)c1. The number of hydrogen-bond donors (Lipinski definition) is 0. The molecule has 1 aliphatic rings. The van der Waals surface area contributed by atoms with E-state index in [1.54, 1.807) is 12.3 Å². The van der Waals surface area contributed by atoms with E-state index in [1.165, 1.54) is 24.2 Å². The fraction of sp³-hybridized carbons (Fsp3) is 0.333. The van der Waals surface area contributed by atoms with E-state index in [4.69, 9.17) is 0 Å². The van der Waals surface area contributed by atoms with Crippen LogP contribution in [0.15, 0.2) is 29.8 Å². The Balaban J connectivity index is 1.71. The zero-order chi connectivity index (χ0) is 13.2. The van der Waals surface area contributed by atoms with Crippen molar-refractivity contribution in [2.75, 3.05) is 0 Å². The molecule has 2 heterocycles. The second-order valence-corrected chi connectivity index (χ2v) is 5.98. The van der Waals surface area contributed by atoms with Gasteiger partial charge in [-0.3, -0.25) is 9.48 Å². The summed E-state index contributed by atoms with van der Waals surface area (Å²) < 4.78 is 1.99. The van der Waals surface area contributed by atoms with Crippen molar-refractivity contribution in [2.45, 2.75) is 26.3 Å². The lowest BCUT2D eigenvalue weighted by Crippen LogP contribution is -2.03. The molecule has 4 heteroatoms. The molecule has 19 heavy (non-hydrogen) atoms. The molecule has 0 radical (unpaired) electrons. The van der Waals surface area contributed by atoms with Gasteiger partial charge < -0.3 is 0 Å². The first kappa shape index (κ1) is 12.4. The molecule has 0 bridgehead atoms. The molecule has 3 nitrogen and oxygen atoms in total. The molecule has 2 aromatic rings. The number of aryl methyl sites for hydroxylation is 1. The summed E-state index contributed by atoms with van der Waals surface area (Å²) in [7, 11) is 0. The van der Waals surface area contributed by atoms with E-state index in [0.29, 0.717) is 0 Å². The number of allylic oxidation sites excluding steroid dienone is 1. The van der Waals surface area contributed by atoms with Crippen LogP contribution in [-0.4, -0.2) is 15.6 Å². The summed E-state index contributed by atoms with van der Waals surface area (Å²) in [6.07, 6.45) is 7.91. The van der Waals surface area contributed by atoms with Crippen molar-refractivity contribution in [3.63, 3.8) is 0 Å². The molecule has 0 unspecified atom stereocenters. The van der Waals surface area contributed by atoms with Crippen LogP contribution in [0.2, 0.25) is 0 Å². The molecular weight excluding hydrogens is 256 g/mol. The van der Waals surface area contributed by atoms with E-state index in [-0.39, 0.29) is 5.78 Å². The van der Waals surface area contributed by atoms with Crippen LogP contribution in [0, 0.1) is 12.8 Å². The van der Waals surface area contributed by atoms with Gasteiger partial charge in [0.15, 0.2) is 5.78 Å². The van der Waals surface area contributed by atoms with Gasteiger partial charge in [-0.2, -0.15) is 5.10 Å². The molecule has 1 aliphatic carbocycles. The Labute approximate surface area is 116 Å².